The number of nitrogens with one attached hydrogen (secondary N) is 1. The third kappa shape index (κ3) is 4.02. The fourth-order valence-corrected chi connectivity index (χ4v) is 4.69. The van der Waals surface area contributed by atoms with Crippen LogP contribution < -0.4 is 10.5 Å². The number of rotatable bonds is 6. The molecule has 1 aromatic heterocycles. The fourth-order valence-electron chi connectivity index (χ4n) is 2.41. The summed E-state index contributed by atoms with van der Waals surface area (Å²) >= 11 is 1.38. The minimum Gasteiger partial charge on any atom is -0.326 e. The second kappa shape index (κ2) is 7.00. The van der Waals surface area contributed by atoms with Gasteiger partial charge in [-0.05, 0) is 38.9 Å². The number of piperidine rings is 1. The van der Waals surface area contributed by atoms with E-state index >= 15 is 0 Å². The molecule has 2 rings (SSSR count). The number of hydrogen-bond acceptors (Lipinski definition) is 5. The molecule has 7 heteroatoms. The summed E-state index contributed by atoms with van der Waals surface area (Å²) in [5, 5.41) is 1.65. The van der Waals surface area contributed by atoms with Gasteiger partial charge in [-0.2, -0.15) is 0 Å². The van der Waals surface area contributed by atoms with Gasteiger partial charge in [-0.3, -0.25) is 4.90 Å². The maximum Gasteiger partial charge on any atom is 0.241 e. The summed E-state index contributed by atoms with van der Waals surface area (Å²) in [7, 11) is -3.41. The largest absolute Gasteiger partial charge is 0.326 e. The van der Waals surface area contributed by atoms with E-state index in [1.165, 1.54) is 30.6 Å². The maximum atomic E-state index is 12.2. The van der Waals surface area contributed by atoms with Gasteiger partial charge < -0.3 is 5.73 Å². The minimum absolute atomic E-state index is 0.234. The quantitative estimate of drug-likeness (QED) is 0.831. The van der Waals surface area contributed by atoms with Crippen LogP contribution in [0.4, 0.5) is 0 Å². The summed E-state index contributed by atoms with van der Waals surface area (Å²) in [4.78, 5) is 3.56. The molecule has 1 unspecified atom stereocenters. The van der Waals surface area contributed by atoms with E-state index in [1.54, 1.807) is 11.4 Å². The third-order valence-corrected chi connectivity index (χ3v) is 6.24. The molecule has 1 aliphatic heterocycles. The highest BCUT2D eigenvalue weighted by Gasteiger charge is 2.20. The lowest BCUT2D eigenvalue weighted by atomic mass is 10.1. The van der Waals surface area contributed by atoms with Crippen LogP contribution in [0.5, 0.6) is 0 Å². The average molecular weight is 317 g/mol. The molecule has 0 radical (unpaired) electrons. The van der Waals surface area contributed by atoms with Crippen molar-refractivity contribution in [2.45, 2.75) is 43.7 Å². The van der Waals surface area contributed by atoms with Crippen molar-refractivity contribution in [3.63, 3.8) is 0 Å². The molecule has 1 saturated heterocycles. The van der Waals surface area contributed by atoms with Crippen LogP contribution in [0.25, 0.3) is 0 Å². The van der Waals surface area contributed by atoms with Crippen LogP contribution >= 0.6 is 11.3 Å². The molecule has 0 bridgehead atoms. The molecular weight excluding hydrogens is 294 g/mol. The molecule has 0 spiro atoms. The van der Waals surface area contributed by atoms with Crippen LogP contribution in [0, 0.1) is 0 Å². The summed E-state index contributed by atoms with van der Waals surface area (Å²) in [6.07, 6.45) is 3.70. The number of likely N-dealkylation sites (tertiary alicyclic amines) is 1. The van der Waals surface area contributed by atoms with Gasteiger partial charge in [0.15, 0.2) is 0 Å². The van der Waals surface area contributed by atoms with Crippen LogP contribution in [-0.4, -0.2) is 39.0 Å². The van der Waals surface area contributed by atoms with E-state index in [1.807, 2.05) is 0 Å². The Morgan fingerprint density at radius 2 is 2.10 bits per heavy atom. The second-order valence-electron chi connectivity index (χ2n) is 5.25. The summed E-state index contributed by atoms with van der Waals surface area (Å²) < 4.78 is 27.1. The van der Waals surface area contributed by atoms with Gasteiger partial charge in [0.1, 0.15) is 0 Å². The third-order valence-electron chi connectivity index (χ3n) is 3.72. The highest BCUT2D eigenvalue weighted by Crippen LogP contribution is 2.19. The Hall–Kier alpha value is -0.470. The lowest BCUT2D eigenvalue weighted by Crippen LogP contribution is -2.44. The second-order valence-corrected chi connectivity index (χ2v) is 8.01. The molecule has 0 saturated carbocycles. The van der Waals surface area contributed by atoms with E-state index in [-0.39, 0.29) is 6.04 Å². The zero-order valence-corrected chi connectivity index (χ0v) is 13.5. The summed E-state index contributed by atoms with van der Waals surface area (Å²) in [5.74, 6) is 0. The first-order valence-corrected chi connectivity index (χ1v) is 9.40. The van der Waals surface area contributed by atoms with Crippen LogP contribution in [0.3, 0.4) is 0 Å². The molecule has 0 aliphatic carbocycles. The van der Waals surface area contributed by atoms with E-state index in [0.717, 1.165) is 18.0 Å². The fraction of sp³-hybridized carbons (Fsp3) is 0.692. The molecule has 5 nitrogen and oxygen atoms in total. The smallest absolute Gasteiger partial charge is 0.241 e. The summed E-state index contributed by atoms with van der Waals surface area (Å²) in [6.45, 7) is 5.05. The molecular formula is C13H23N3O2S2. The van der Waals surface area contributed by atoms with Gasteiger partial charge in [0, 0.05) is 29.4 Å². The lowest BCUT2D eigenvalue weighted by Gasteiger charge is -2.32. The Balaban J connectivity index is 1.91. The highest BCUT2D eigenvalue weighted by molar-refractivity contribution is 7.89. The van der Waals surface area contributed by atoms with E-state index in [0.29, 0.717) is 18.0 Å². The van der Waals surface area contributed by atoms with Crippen molar-refractivity contribution in [2.75, 3.05) is 19.6 Å². The molecule has 1 aliphatic rings. The molecule has 1 fully saturated rings. The van der Waals surface area contributed by atoms with Gasteiger partial charge in [-0.25, -0.2) is 13.1 Å². The Kier molecular flexibility index (Phi) is 5.57. The molecule has 0 aromatic carbocycles. The molecule has 0 amide bonds. The van der Waals surface area contributed by atoms with Crippen molar-refractivity contribution in [3.05, 3.63) is 16.3 Å². The van der Waals surface area contributed by atoms with E-state index < -0.39 is 10.0 Å². The summed E-state index contributed by atoms with van der Waals surface area (Å²) in [6, 6.07) is 1.89. The number of nitrogens with two attached hydrogens (primary N) is 1. The van der Waals surface area contributed by atoms with Crippen molar-refractivity contribution >= 4 is 21.4 Å². The standard InChI is InChI=1S/C13H23N3O2S2/c1-11(16-5-3-2-4-6-16)9-15-20(17,18)13-7-12(8-14)19-10-13/h7,10-11,15H,2-6,8-9,14H2,1H3. The van der Waals surface area contributed by atoms with E-state index in [2.05, 4.69) is 16.5 Å². The Morgan fingerprint density at radius 3 is 2.70 bits per heavy atom. The van der Waals surface area contributed by atoms with Crippen molar-refractivity contribution in [1.82, 2.24) is 9.62 Å². The molecule has 1 atom stereocenters. The number of hydrogen-bond donors (Lipinski definition) is 2. The van der Waals surface area contributed by atoms with Crippen LogP contribution in [-0.2, 0) is 16.6 Å². The zero-order valence-electron chi connectivity index (χ0n) is 11.8. The summed E-state index contributed by atoms with van der Waals surface area (Å²) in [5.41, 5.74) is 5.51. The first kappa shape index (κ1) is 15.9. The monoisotopic (exact) mass is 317 g/mol. The van der Waals surface area contributed by atoms with Gasteiger partial charge in [0.2, 0.25) is 10.0 Å². The zero-order chi connectivity index (χ0) is 14.6. The lowest BCUT2D eigenvalue weighted by molar-refractivity contribution is 0.175. The first-order valence-electron chi connectivity index (χ1n) is 7.04. The number of sulfonamides is 1. The van der Waals surface area contributed by atoms with Crippen molar-refractivity contribution in [1.29, 1.82) is 0 Å². The molecule has 3 N–H and O–H groups in total. The van der Waals surface area contributed by atoms with E-state index in [9.17, 15) is 8.42 Å². The van der Waals surface area contributed by atoms with Crippen molar-refractivity contribution in [3.8, 4) is 0 Å². The van der Waals surface area contributed by atoms with Crippen LogP contribution in [0.15, 0.2) is 16.3 Å². The predicted octanol–water partition coefficient (Wildman–Crippen LogP) is 1.36. The number of nitrogens with zero attached hydrogens (tertiary/aromatic N) is 1. The van der Waals surface area contributed by atoms with E-state index in [4.69, 9.17) is 5.73 Å². The van der Waals surface area contributed by atoms with Crippen LogP contribution in [0.1, 0.15) is 31.1 Å². The van der Waals surface area contributed by atoms with Crippen LogP contribution in [0.2, 0.25) is 0 Å². The van der Waals surface area contributed by atoms with Crippen molar-refractivity contribution < 1.29 is 8.42 Å². The minimum atomic E-state index is -3.41. The topological polar surface area (TPSA) is 75.4 Å². The van der Waals surface area contributed by atoms with Gasteiger partial charge in [0.05, 0.1) is 4.90 Å². The predicted molar refractivity (Wildman–Crippen MR) is 82.3 cm³/mol. The van der Waals surface area contributed by atoms with Gasteiger partial charge >= 0.3 is 0 Å². The van der Waals surface area contributed by atoms with Gasteiger partial charge in [0.25, 0.3) is 0 Å². The van der Waals surface area contributed by atoms with Crippen molar-refractivity contribution in [2.24, 2.45) is 5.73 Å². The van der Waals surface area contributed by atoms with Gasteiger partial charge in [-0.15, -0.1) is 11.3 Å². The Bertz CT molecular complexity index is 521. The maximum absolute atomic E-state index is 12.2. The molecule has 114 valence electrons. The Morgan fingerprint density at radius 1 is 1.40 bits per heavy atom. The Labute approximate surface area is 125 Å². The average Bonchev–Trinajstić information content (AvgIpc) is 2.95. The first-order chi connectivity index (χ1) is 9.53. The molecule has 1 aromatic rings. The molecule has 2 heterocycles. The normalized spacial score (nSPS) is 19.1. The number of thiophene rings is 1. The highest BCUT2D eigenvalue weighted by atomic mass is 32.2. The SMILES string of the molecule is CC(CNS(=O)(=O)c1csc(CN)c1)N1CCCCC1. The van der Waals surface area contributed by atoms with Gasteiger partial charge in [-0.1, -0.05) is 6.42 Å². The molecule has 20 heavy (non-hydrogen) atoms.